The molecular formula is C21H29N5O2. The van der Waals surface area contributed by atoms with Crippen LogP contribution < -0.4 is 10.1 Å². The zero-order valence-corrected chi connectivity index (χ0v) is 16.6. The highest BCUT2D eigenvalue weighted by Crippen LogP contribution is 2.42. The molecule has 3 heterocycles. The van der Waals surface area contributed by atoms with Gasteiger partial charge in [0, 0.05) is 38.1 Å². The van der Waals surface area contributed by atoms with E-state index in [0.717, 1.165) is 44.5 Å². The summed E-state index contributed by atoms with van der Waals surface area (Å²) in [6, 6.07) is 5.94. The Bertz CT molecular complexity index is 793. The van der Waals surface area contributed by atoms with E-state index in [2.05, 4.69) is 35.4 Å². The molecule has 0 unspecified atom stereocenters. The van der Waals surface area contributed by atoms with Gasteiger partial charge in [0.15, 0.2) is 0 Å². The lowest BCUT2D eigenvalue weighted by molar-refractivity contribution is 0.0459. The Morgan fingerprint density at radius 1 is 1.29 bits per heavy atom. The van der Waals surface area contributed by atoms with Crippen molar-refractivity contribution in [2.24, 2.45) is 11.8 Å². The van der Waals surface area contributed by atoms with Crippen LogP contribution in [-0.2, 0) is 0 Å². The van der Waals surface area contributed by atoms with Gasteiger partial charge in [-0.1, -0.05) is 13.0 Å². The molecule has 1 aliphatic carbocycles. The highest BCUT2D eigenvalue weighted by atomic mass is 16.5. The van der Waals surface area contributed by atoms with Crippen molar-refractivity contribution in [3.63, 3.8) is 0 Å². The monoisotopic (exact) mass is 383 g/mol. The molecule has 1 saturated carbocycles. The van der Waals surface area contributed by atoms with Crippen LogP contribution in [0, 0.1) is 18.8 Å². The first-order chi connectivity index (χ1) is 13.6. The smallest absolute Gasteiger partial charge is 0.317 e. The van der Waals surface area contributed by atoms with Crippen molar-refractivity contribution in [1.82, 2.24) is 25.0 Å². The van der Waals surface area contributed by atoms with E-state index in [0.29, 0.717) is 17.7 Å². The number of fused-ring (bicyclic) bond motifs is 1. The van der Waals surface area contributed by atoms with Crippen LogP contribution in [-0.4, -0.2) is 51.4 Å². The summed E-state index contributed by atoms with van der Waals surface area (Å²) >= 11 is 0. The minimum Gasteiger partial charge on any atom is -0.472 e. The van der Waals surface area contributed by atoms with Crippen LogP contribution in [0.1, 0.15) is 37.8 Å². The lowest BCUT2D eigenvalue weighted by atomic mass is 9.77. The van der Waals surface area contributed by atoms with E-state index in [-0.39, 0.29) is 18.2 Å². The molecule has 150 valence electrons. The van der Waals surface area contributed by atoms with Crippen LogP contribution in [0.25, 0.3) is 0 Å². The van der Waals surface area contributed by atoms with E-state index < -0.39 is 0 Å². The molecule has 2 fully saturated rings. The molecule has 0 radical (unpaired) electrons. The normalized spacial score (nSPS) is 26.7. The average Bonchev–Trinajstić information content (AvgIpc) is 3.32. The molecule has 4 atom stereocenters. The fourth-order valence-corrected chi connectivity index (χ4v) is 4.49. The summed E-state index contributed by atoms with van der Waals surface area (Å²) in [4.78, 5) is 18.7. The highest BCUT2D eigenvalue weighted by Gasteiger charge is 2.45. The Morgan fingerprint density at radius 2 is 2.11 bits per heavy atom. The van der Waals surface area contributed by atoms with E-state index in [9.17, 15) is 4.79 Å². The van der Waals surface area contributed by atoms with Crippen LogP contribution in [0.3, 0.4) is 0 Å². The molecule has 0 bridgehead atoms. The van der Waals surface area contributed by atoms with Crippen molar-refractivity contribution in [2.45, 2.75) is 45.3 Å². The van der Waals surface area contributed by atoms with E-state index >= 15 is 0 Å². The number of ether oxygens (including phenoxy) is 1. The number of carbonyl (C=O) groups excluding carboxylic acids is 1. The second-order valence-electron chi connectivity index (χ2n) is 8.02. The number of carbonyl (C=O) groups is 1. The molecule has 2 aromatic heterocycles. The topological polar surface area (TPSA) is 72.3 Å². The first-order valence-corrected chi connectivity index (χ1v) is 10.2. The van der Waals surface area contributed by atoms with Gasteiger partial charge in [-0.25, -0.2) is 9.78 Å². The maximum absolute atomic E-state index is 12.4. The summed E-state index contributed by atoms with van der Waals surface area (Å²) in [5.74, 6) is 1.58. The summed E-state index contributed by atoms with van der Waals surface area (Å²) in [6.07, 6.45) is 8.54. The maximum Gasteiger partial charge on any atom is 0.317 e. The number of nitrogens with one attached hydrogen (secondary N) is 1. The molecule has 0 aromatic carbocycles. The van der Waals surface area contributed by atoms with Gasteiger partial charge in [-0.2, -0.15) is 5.10 Å². The third-order valence-corrected chi connectivity index (χ3v) is 5.88. The summed E-state index contributed by atoms with van der Waals surface area (Å²) in [7, 11) is 0. The van der Waals surface area contributed by atoms with Crippen molar-refractivity contribution in [3.05, 3.63) is 42.4 Å². The minimum absolute atomic E-state index is 0.00546. The number of hydrogen-bond donors (Lipinski definition) is 1. The molecule has 7 heteroatoms. The van der Waals surface area contributed by atoms with Crippen LogP contribution in [0.4, 0.5) is 4.79 Å². The van der Waals surface area contributed by atoms with Gasteiger partial charge >= 0.3 is 6.03 Å². The number of rotatable bonds is 5. The van der Waals surface area contributed by atoms with Crippen LogP contribution in [0.5, 0.6) is 5.88 Å². The number of aromatic nitrogens is 3. The van der Waals surface area contributed by atoms with Crippen molar-refractivity contribution < 1.29 is 9.53 Å². The Hall–Kier alpha value is -2.57. The third-order valence-electron chi connectivity index (χ3n) is 5.88. The van der Waals surface area contributed by atoms with Crippen molar-refractivity contribution in [3.8, 4) is 5.88 Å². The number of aryl methyl sites for hydroxylation is 1. The number of pyridine rings is 1. The molecule has 2 amide bonds. The van der Waals surface area contributed by atoms with Crippen LogP contribution in [0.2, 0.25) is 0 Å². The molecule has 7 nitrogen and oxygen atoms in total. The fraction of sp³-hybridized carbons (Fsp3) is 0.571. The number of likely N-dealkylation sites (tertiary alicyclic amines) is 1. The molecule has 1 saturated heterocycles. The van der Waals surface area contributed by atoms with Gasteiger partial charge in [0.2, 0.25) is 5.88 Å². The molecule has 0 spiro atoms. The molecule has 1 aliphatic heterocycles. The van der Waals surface area contributed by atoms with Gasteiger partial charge in [0.05, 0.1) is 12.2 Å². The molecular weight excluding hydrogens is 354 g/mol. The SMILES string of the molecule is CCCNC(=O)N1C[C@H]2C[C@H](Oc3ccccn3)[C@@H](n3cc(C)cn3)C[C@H]2C1. The van der Waals surface area contributed by atoms with Crippen LogP contribution in [0.15, 0.2) is 36.8 Å². The van der Waals surface area contributed by atoms with Crippen molar-refractivity contribution in [1.29, 1.82) is 0 Å². The first-order valence-electron chi connectivity index (χ1n) is 10.2. The molecule has 1 N–H and O–H groups in total. The second-order valence-corrected chi connectivity index (χ2v) is 8.02. The highest BCUT2D eigenvalue weighted by molar-refractivity contribution is 5.74. The van der Waals surface area contributed by atoms with Gasteiger partial charge in [-0.05, 0) is 49.7 Å². The Morgan fingerprint density at radius 3 is 2.79 bits per heavy atom. The fourth-order valence-electron chi connectivity index (χ4n) is 4.49. The van der Waals surface area contributed by atoms with Gasteiger partial charge in [0.25, 0.3) is 0 Å². The third kappa shape index (κ3) is 3.98. The summed E-state index contributed by atoms with van der Waals surface area (Å²) in [5.41, 5.74) is 1.14. The predicted molar refractivity (Wildman–Crippen MR) is 106 cm³/mol. The van der Waals surface area contributed by atoms with Crippen molar-refractivity contribution >= 4 is 6.03 Å². The Balaban J connectivity index is 1.51. The quantitative estimate of drug-likeness (QED) is 0.861. The Kier molecular flexibility index (Phi) is 5.50. The number of amides is 2. The van der Waals surface area contributed by atoms with E-state index in [1.165, 1.54) is 0 Å². The minimum atomic E-state index is -0.00546. The lowest BCUT2D eigenvalue weighted by Crippen LogP contribution is -2.40. The molecule has 4 rings (SSSR count). The Labute approximate surface area is 166 Å². The summed E-state index contributed by atoms with van der Waals surface area (Å²) < 4.78 is 8.35. The predicted octanol–water partition coefficient (Wildman–Crippen LogP) is 3.04. The van der Waals surface area contributed by atoms with Gasteiger partial charge in [-0.3, -0.25) is 4.68 Å². The zero-order chi connectivity index (χ0) is 19.5. The zero-order valence-electron chi connectivity index (χ0n) is 16.6. The summed E-state index contributed by atoms with van der Waals surface area (Å²) in [6.45, 7) is 6.46. The van der Waals surface area contributed by atoms with Crippen LogP contribution >= 0.6 is 0 Å². The standard InChI is InChI=1S/C21H29N5O2/c1-3-7-23-21(27)25-13-16-9-18(26-12-15(2)11-24-26)19(10-17(16)14-25)28-20-6-4-5-8-22-20/h4-6,8,11-12,16-19H,3,7,9-10,13-14H2,1-2H3,(H,23,27)/t16-,17+,18-,19-/m0/s1. The van der Waals surface area contributed by atoms with Gasteiger partial charge < -0.3 is 15.0 Å². The second kappa shape index (κ2) is 8.20. The molecule has 28 heavy (non-hydrogen) atoms. The largest absolute Gasteiger partial charge is 0.472 e. The summed E-state index contributed by atoms with van der Waals surface area (Å²) in [5, 5.41) is 7.57. The number of urea groups is 1. The molecule has 2 aliphatic rings. The van der Waals surface area contributed by atoms with E-state index in [1.807, 2.05) is 34.0 Å². The average molecular weight is 383 g/mol. The molecule has 2 aromatic rings. The first kappa shape index (κ1) is 18.8. The van der Waals surface area contributed by atoms with E-state index in [1.54, 1.807) is 6.20 Å². The van der Waals surface area contributed by atoms with E-state index in [4.69, 9.17) is 4.74 Å². The lowest BCUT2D eigenvalue weighted by Gasteiger charge is -2.37. The van der Waals surface area contributed by atoms with Crippen molar-refractivity contribution in [2.75, 3.05) is 19.6 Å². The van der Waals surface area contributed by atoms with Gasteiger partial charge in [-0.15, -0.1) is 0 Å². The number of hydrogen-bond acceptors (Lipinski definition) is 4. The maximum atomic E-state index is 12.4. The van der Waals surface area contributed by atoms with Gasteiger partial charge in [0.1, 0.15) is 6.10 Å². The number of nitrogens with zero attached hydrogens (tertiary/aromatic N) is 4.